The van der Waals surface area contributed by atoms with Gasteiger partial charge in [0.05, 0.1) is 11.0 Å². The molecule has 4 rings (SSSR count). The summed E-state index contributed by atoms with van der Waals surface area (Å²) in [6.45, 7) is 0.0399. The predicted molar refractivity (Wildman–Crippen MR) is 100 cm³/mol. The number of nitrogens with zero attached hydrogens (tertiary/aromatic N) is 4. The molecular weight excluding hydrogens is 400 g/mol. The molecule has 0 saturated carbocycles. The van der Waals surface area contributed by atoms with Crippen LogP contribution >= 0.6 is 15.9 Å². The monoisotopic (exact) mass is 412 g/mol. The number of nitrogens with two attached hydrogens (primary N) is 1. The van der Waals surface area contributed by atoms with E-state index in [9.17, 15) is 4.79 Å². The highest BCUT2D eigenvalue weighted by molar-refractivity contribution is 9.10. The van der Waals surface area contributed by atoms with Crippen LogP contribution in [0.2, 0.25) is 0 Å². The summed E-state index contributed by atoms with van der Waals surface area (Å²) in [5.41, 5.74) is 8.32. The summed E-state index contributed by atoms with van der Waals surface area (Å²) < 4.78 is 7.35. The van der Waals surface area contributed by atoms with Crippen molar-refractivity contribution in [2.75, 3.05) is 11.1 Å². The highest BCUT2D eigenvalue weighted by atomic mass is 79.9. The van der Waals surface area contributed by atoms with E-state index in [-0.39, 0.29) is 18.3 Å². The lowest BCUT2D eigenvalue weighted by molar-refractivity contribution is -0.116. The van der Waals surface area contributed by atoms with Crippen LogP contribution in [0.4, 0.5) is 11.5 Å². The number of hydrogen-bond acceptors (Lipinski definition) is 6. The first-order chi connectivity index (χ1) is 12.6. The summed E-state index contributed by atoms with van der Waals surface area (Å²) in [5, 5.41) is 10.3. The first-order valence-electron chi connectivity index (χ1n) is 7.71. The van der Waals surface area contributed by atoms with Gasteiger partial charge in [0, 0.05) is 10.2 Å². The fourth-order valence-electron chi connectivity index (χ4n) is 2.64. The third kappa shape index (κ3) is 3.04. The molecule has 0 fully saturated rings. The Labute approximate surface area is 156 Å². The molecule has 0 bridgehead atoms. The SMILES string of the molecule is Nc1nonc1-c1nc2ccccc2n1CC(=O)Nc1ccc(Br)cc1. The smallest absolute Gasteiger partial charge is 0.244 e. The van der Waals surface area contributed by atoms with Crippen LogP contribution in [0.25, 0.3) is 22.6 Å². The first-order valence-corrected chi connectivity index (χ1v) is 8.50. The van der Waals surface area contributed by atoms with Crippen molar-refractivity contribution in [1.82, 2.24) is 19.9 Å². The molecular formula is C17H13BrN6O2. The molecule has 0 unspecified atom stereocenters. The topological polar surface area (TPSA) is 112 Å². The van der Waals surface area contributed by atoms with Gasteiger partial charge in [-0.25, -0.2) is 9.61 Å². The number of fused-ring (bicyclic) bond motifs is 1. The zero-order valence-corrected chi connectivity index (χ0v) is 15.0. The number of carbonyl (C=O) groups excluding carboxylic acids is 1. The summed E-state index contributed by atoms with van der Waals surface area (Å²) >= 11 is 3.37. The molecule has 0 aliphatic heterocycles. The number of nitrogens with one attached hydrogen (secondary N) is 1. The Morgan fingerprint density at radius 2 is 1.92 bits per heavy atom. The van der Waals surface area contributed by atoms with Crippen molar-refractivity contribution in [2.24, 2.45) is 0 Å². The highest BCUT2D eigenvalue weighted by Gasteiger charge is 2.20. The zero-order valence-electron chi connectivity index (χ0n) is 13.4. The molecule has 9 heteroatoms. The Hall–Kier alpha value is -3.20. The second-order valence-electron chi connectivity index (χ2n) is 5.56. The average Bonchev–Trinajstić information content (AvgIpc) is 3.21. The number of imidazole rings is 1. The largest absolute Gasteiger partial charge is 0.379 e. The predicted octanol–water partition coefficient (Wildman–Crippen LogP) is 3.07. The van der Waals surface area contributed by atoms with Crippen LogP contribution in [-0.2, 0) is 11.3 Å². The molecule has 2 aromatic carbocycles. The minimum atomic E-state index is -0.202. The molecule has 0 aliphatic carbocycles. The standard InChI is InChI=1S/C17H13BrN6O2/c18-10-5-7-11(8-6-10)20-14(25)9-24-13-4-2-1-3-12(13)21-17(24)15-16(19)23-26-22-15/h1-8H,9H2,(H2,19,23)(H,20,25). The van der Waals surface area contributed by atoms with Gasteiger partial charge in [-0.05, 0) is 46.7 Å². The van der Waals surface area contributed by atoms with E-state index in [0.29, 0.717) is 17.2 Å². The van der Waals surface area contributed by atoms with Crippen LogP contribution < -0.4 is 11.1 Å². The van der Waals surface area contributed by atoms with Crippen molar-refractivity contribution in [3.8, 4) is 11.5 Å². The van der Waals surface area contributed by atoms with Gasteiger partial charge in [0.25, 0.3) is 0 Å². The van der Waals surface area contributed by atoms with Gasteiger partial charge in [0.15, 0.2) is 17.3 Å². The normalized spacial score (nSPS) is 11.0. The second kappa shape index (κ2) is 6.60. The summed E-state index contributed by atoms with van der Waals surface area (Å²) in [4.78, 5) is 17.1. The van der Waals surface area contributed by atoms with E-state index in [1.54, 1.807) is 4.57 Å². The molecule has 3 N–H and O–H groups in total. The van der Waals surface area contributed by atoms with Crippen LogP contribution in [0.5, 0.6) is 0 Å². The lowest BCUT2D eigenvalue weighted by Gasteiger charge is -2.09. The molecule has 1 amide bonds. The van der Waals surface area contributed by atoms with E-state index in [1.165, 1.54) is 0 Å². The van der Waals surface area contributed by atoms with E-state index in [1.807, 2.05) is 48.5 Å². The molecule has 0 spiro atoms. The molecule has 4 aromatic rings. The lowest BCUT2D eigenvalue weighted by Crippen LogP contribution is -2.19. The summed E-state index contributed by atoms with van der Waals surface area (Å²) in [7, 11) is 0. The van der Waals surface area contributed by atoms with Crippen LogP contribution in [0.1, 0.15) is 0 Å². The molecule has 0 saturated heterocycles. The lowest BCUT2D eigenvalue weighted by atomic mass is 10.3. The average molecular weight is 413 g/mol. The molecule has 26 heavy (non-hydrogen) atoms. The summed E-state index contributed by atoms with van der Waals surface area (Å²) in [5.74, 6) is 0.345. The Morgan fingerprint density at radius 3 is 2.65 bits per heavy atom. The molecule has 0 atom stereocenters. The van der Waals surface area contributed by atoms with Gasteiger partial charge in [-0.3, -0.25) is 4.79 Å². The van der Waals surface area contributed by atoms with Gasteiger partial charge >= 0.3 is 0 Å². The van der Waals surface area contributed by atoms with E-state index in [4.69, 9.17) is 5.73 Å². The van der Waals surface area contributed by atoms with Gasteiger partial charge in [-0.2, -0.15) is 0 Å². The van der Waals surface area contributed by atoms with E-state index < -0.39 is 0 Å². The molecule has 130 valence electrons. The Kier molecular flexibility index (Phi) is 4.13. The summed E-state index contributed by atoms with van der Waals surface area (Å²) in [6.07, 6.45) is 0. The number of amides is 1. The molecule has 8 nitrogen and oxygen atoms in total. The quantitative estimate of drug-likeness (QED) is 0.532. The van der Waals surface area contributed by atoms with Gasteiger partial charge in [-0.1, -0.05) is 28.1 Å². The van der Waals surface area contributed by atoms with Crippen LogP contribution in [0, 0.1) is 0 Å². The van der Waals surface area contributed by atoms with Crippen molar-refractivity contribution in [3.63, 3.8) is 0 Å². The van der Waals surface area contributed by atoms with Crippen molar-refractivity contribution in [1.29, 1.82) is 0 Å². The molecule has 2 aromatic heterocycles. The van der Waals surface area contributed by atoms with E-state index in [0.717, 1.165) is 15.5 Å². The number of aromatic nitrogens is 4. The van der Waals surface area contributed by atoms with E-state index in [2.05, 4.69) is 41.2 Å². The number of benzene rings is 2. The zero-order chi connectivity index (χ0) is 18.1. The minimum Gasteiger partial charge on any atom is -0.379 e. The van der Waals surface area contributed by atoms with Crippen molar-refractivity contribution >= 4 is 44.4 Å². The fraction of sp³-hybridized carbons (Fsp3) is 0.0588. The van der Waals surface area contributed by atoms with Crippen LogP contribution in [-0.4, -0.2) is 25.8 Å². The summed E-state index contributed by atoms with van der Waals surface area (Å²) in [6, 6.07) is 14.8. The van der Waals surface area contributed by atoms with Crippen molar-refractivity contribution < 1.29 is 9.42 Å². The number of anilines is 2. The third-order valence-electron chi connectivity index (χ3n) is 3.81. The van der Waals surface area contributed by atoms with Crippen LogP contribution in [0.3, 0.4) is 0 Å². The maximum absolute atomic E-state index is 12.6. The molecule has 0 radical (unpaired) electrons. The highest BCUT2D eigenvalue weighted by Crippen LogP contribution is 2.26. The Balaban J connectivity index is 1.70. The van der Waals surface area contributed by atoms with Crippen molar-refractivity contribution in [3.05, 3.63) is 53.0 Å². The van der Waals surface area contributed by atoms with Crippen LogP contribution in [0.15, 0.2) is 57.6 Å². The second-order valence-corrected chi connectivity index (χ2v) is 6.48. The van der Waals surface area contributed by atoms with Gasteiger partial charge in [0.2, 0.25) is 5.91 Å². The first kappa shape index (κ1) is 16.3. The number of halogens is 1. The number of hydrogen-bond donors (Lipinski definition) is 2. The number of nitrogen functional groups attached to an aromatic ring is 1. The van der Waals surface area contributed by atoms with E-state index >= 15 is 0 Å². The molecule has 2 heterocycles. The molecule has 0 aliphatic rings. The van der Waals surface area contributed by atoms with Gasteiger partial charge < -0.3 is 15.6 Å². The maximum atomic E-state index is 12.6. The maximum Gasteiger partial charge on any atom is 0.244 e. The van der Waals surface area contributed by atoms with Crippen molar-refractivity contribution in [2.45, 2.75) is 6.54 Å². The Bertz CT molecular complexity index is 1090. The van der Waals surface area contributed by atoms with Gasteiger partial charge in [0.1, 0.15) is 6.54 Å². The minimum absolute atomic E-state index is 0.0399. The number of rotatable bonds is 4. The Morgan fingerprint density at radius 1 is 1.15 bits per heavy atom. The fourth-order valence-corrected chi connectivity index (χ4v) is 2.91. The number of para-hydroxylation sites is 2. The number of carbonyl (C=O) groups is 1. The third-order valence-corrected chi connectivity index (χ3v) is 4.34. The van der Waals surface area contributed by atoms with Gasteiger partial charge in [-0.15, -0.1) is 0 Å².